The van der Waals surface area contributed by atoms with Crippen LogP contribution in [0.2, 0.25) is 0 Å². The molecule has 3 heteroatoms. The van der Waals surface area contributed by atoms with E-state index in [1.807, 2.05) is 0 Å². The van der Waals surface area contributed by atoms with E-state index >= 15 is 0 Å². The van der Waals surface area contributed by atoms with E-state index in [0.29, 0.717) is 18.0 Å². The maximum Gasteiger partial charge on any atom is 0.0693 e. The van der Waals surface area contributed by atoms with Crippen molar-refractivity contribution in [1.82, 2.24) is 4.90 Å². The molecule has 2 rings (SSSR count). The zero-order valence-electron chi connectivity index (χ0n) is 8.32. The van der Waals surface area contributed by atoms with E-state index in [2.05, 4.69) is 11.8 Å². The number of nitrogens with two attached hydrogens (primary N) is 1. The van der Waals surface area contributed by atoms with Crippen molar-refractivity contribution < 1.29 is 5.11 Å². The lowest BCUT2D eigenvalue weighted by Crippen LogP contribution is -2.55. The van der Waals surface area contributed by atoms with Gasteiger partial charge in [0.2, 0.25) is 0 Å². The third-order valence-electron chi connectivity index (χ3n) is 3.62. The van der Waals surface area contributed by atoms with Crippen molar-refractivity contribution in [2.45, 2.75) is 44.4 Å². The molecule has 3 nitrogen and oxygen atoms in total. The monoisotopic (exact) mass is 184 g/mol. The van der Waals surface area contributed by atoms with E-state index in [9.17, 15) is 5.11 Å². The zero-order chi connectivity index (χ0) is 9.42. The van der Waals surface area contributed by atoms with Crippen LogP contribution in [-0.4, -0.2) is 41.3 Å². The van der Waals surface area contributed by atoms with Crippen LogP contribution in [0.4, 0.5) is 0 Å². The van der Waals surface area contributed by atoms with Gasteiger partial charge in [-0.1, -0.05) is 6.92 Å². The Morgan fingerprint density at radius 2 is 2.08 bits per heavy atom. The van der Waals surface area contributed by atoms with E-state index in [0.717, 1.165) is 32.4 Å². The van der Waals surface area contributed by atoms with Crippen LogP contribution in [0.5, 0.6) is 0 Å². The molecule has 0 radical (unpaired) electrons. The fourth-order valence-corrected chi connectivity index (χ4v) is 2.33. The van der Waals surface area contributed by atoms with Crippen molar-refractivity contribution in [1.29, 1.82) is 0 Å². The van der Waals surface area contributed by atoms with E-state index in [1.54, 1.807) is 0 Å². The molecule has 0 aromatic heterocycles. The van der Waals surface area contributed by atoms with Gasteiger partial charge in [-0.3, -0.25) is 4.90 Å². The number of hydrogen-bond acceptors (Lipinski definition) is 3. The Morgan fingerprint density at radius 3 is 2.62 bits per heavy atom. The molecule has 2 atom stereocenters. The van der Waals surface area contributed by atoms with Gasteiger partial charge in [0.05, 0.1) is 6.10 Å². The molecule has 0 aromatic rings. The van der Waals surface area contributed by atoms with Crippen LogP contribution < -0.4 is 5.73 Å². The Balaban J connectivity index is 1.82. The molecule has 2 unspecified atom stereocenters. The number of likely N-dealkylation sites (tertiary alicyclic amines) is 1. The summed E-state index contributed by atoms with van der Waals surface area (Å²) in [5.74, 6) is 0.477. The van der Waals surface area contributed by atoms with Gasteiger partial charge in [-0.2, -0.15) is 0 Å². The first-order valence-corrected chi connectivity index (χ1v) is 5.34. The predicted molar refractivity (Wildman–Crippen MR) is 52.4 cm³/mol. The maximum absolute atomic E-state index is 9.71. The first kappa shape index (κ1) is 9.44. The summed E-state index contributed by atoms with van der Waals surface area (Å²) in [6.07, 6.45) is 3.26. The number of rotatable bonds is 1. The molecule has 0 bridgehead atoms. The van der Waals surface area contributed by atoms with Crippen molar-refractivity contribution in [3.8, 4) is 0 Å². The van der Waals surface area contributed by atoms with E-state index < -0.39 is 0 Å². The molecule has 1 heterocycles. The lowest BCUT2D eigenvalue weighted by Gasteiger charge is -2.45. The Morgan fingerprint density at radius 1 is 1.38 bits per heavy atom. The van der Waals surface area contributed by atoms with Crippen molar-refractivity contribution in [2.24, 2.45) is 11.7 Å². The summed E-state index contributed by atoms with van der Waals surface area (Å²) >= 11 is 0. The summed E-state index contributed by atoms with van der Waals surface area (Å²) in [6.45, 7) is 4.14. The summed E-state index contributed by atoms with van der Waals surface area (Å²) in [6, 6.07) is 1.08. The number of piperidine rings is 1. The van der Waals surface area contributed by atoms with Gasteiger partial charge in [0, 0.05) is 18.6 Å². The van der Waals surface area contributed by atoms with Crippen LogP contribution in [0.3, 0.4) is 0 Å². The van der Waals surface area contributed by atoms with Crippen LogP contribution in [0.1, 0.15) is 26.2 Å². The lowest BCUT2D eigenvalue weighted by molar-refractivity contribution is -0.0110. The SMILES string of the molecule is CC1CCN(C2CC(N)C2)CC1O. The first-order valence-electron chi connectivity index (χ1n) is 5.34. The molecule has 0 spiro atoms. The normalized spacial score (nSPS) is 47.3. The maximum atomic E-state index is 9.71. The second kappa shape index (κ2) is 3.56. The van der Waals surface area contributed by atoms with Gasteiger partial charge in [0.15, 0.2) is 0 Å². The molecule has 2 aliphatic rings. The number of aliphatic hydroxyl groups is 1. The summed E-state index contributed by atoms with van der Waals surface area (Å²) in [4.78, 5) is 2.41. The van der Waals surface area contributed by atoms with Crippen LogP contribution >= 0.6 is 0 Å². The highest BCUT2D eigenvalue weighted by atomic mass is 16.3. The summed E-state index contributed by atoms with van der Waals surface area (Å²) < 4.78 is 0. The van der Waals surface area contributed by atoms with Gasteiger partial charge in [0.25, 0.3) is 0 Å². The molecule has 1 saturated heterocycles. The highest BCUT2D eigenvalue weighted by Gasteiger charge is 2.35. The summed E-state index contributed by atoms with van der Waals surface area (Å²) in [5, 5.41) is 9.71. The minimum atomic E-state index is -0.120. The second-order valence-electron chi connectivity index (χ2n) is 4.71. The van der Waals surface area contributed by atoms with Crippen molar-refractivity contribution >= 4 is 0 Å². The summed E-state index contributed by atoms with van der Waals surface area (Å²) in [7, 11) is 0. The largest absolute Gasteiger partial charge is 0.392 e. The summed E-state index contributed by atoms with van der Waals surface area (Å²) in [5.41, 5.74) is 5.75. The topological polar surface area (TPSA) is 49.5 Å². The van der Waals surface area contributed by atoms with Gasteiger partial charge in [0.1, 0.15) is 0 Å². The minimum Gasteiger partial charge on any atom is -0.392 e. The first-order chi connectivity index (χ1) is 6.16. The Bertz CT molecular complexity index is 180. The van der Waals surface area contributed by atoms with Gasteiger partial charge in [-0.05, 0) is 31.7 Å². The predicted octanol–water partition coefficient (Wildman–Crippen LogP) is 0.179. The molecule has 1 saturated carbocycles. The second-order valence-corrected chi connectivity index (χ2v) is 4.71. The molecule has 3 N–H and O–H groups in total. The number of aliphatic hydroxyl groups excluding tert-OH is 1. The Kier molecular flexibility index (Phi) is 2.58. The standard InChI is InChI=1S/C10H20N2O/c1-7-2-3-12(6-10(7)13)9-4-8(11)5-9/h7-10,13H,2-6,11H2,1H3. The van der Waals surface area contributed by atoms with E-state index in [1.165, 1.54) is 0 Å². The number of nitrogens with zero attached hydrogens (tertiary/aromatic N) is 1. The highest BCUT2D eigenvalue weighted by molar-refractivity contribution is 4.92. The van der Waals surface area contributed by atoms with Crippen molar-refractivity contribution in [3.63, 3.8) is 0 Å². The third kappa shape index (κ3) is 1.87. The molecule has 0 aromatic carbocycles. The quantitative estimate of drug-likeness (QED) is 0.611. The minimum absolute atomic E-state index is 0.120. The van der Waals surface area contributed by atoms with Crippen LogP contribution in [-0.2, 0) is 0 Å². The lowest BCUT2D eigenvalue weighted by atomic mass is 9.84. The average molecular weight is 184 g/mol. The molecule has 0 amide bonds. The molecule has 2 fully saturated rings. The average Bonchev–Trinajstić information content (AvgIpc) is 2.05. The smallest absolute Gasteiger partial charge is 0.0693 e. The van der Waals surface area contributed by atoms with Crippen LogP contribution in [0, 0.1) is 5.92 Å². The highest BCUT2D eigenvalue weighted by Crippen LogP contribution is 2.28. The molecule has 1 aliphatic carbocycles. The molecule has 76 valence electrons. The Labute approximate surface area is 79.9 Å². The molecular weight excluding hydrogens is 164 g/mol. The van der Waals surface area contributed by atoms with E-state index in [-0.39, 0.29) is 6.10 Å². The van der Waals surface area contributed by atoms with Gasteiger partial charge in [-0.15, -0.1) is 0 Å². The number of hydrogen-bond donors (Lipinski definition) is 2. The van der Waals surface area contributed by atoms with E-state index in [4.69, 9.17) is 5.73 Å². The van der Waals surface area contributed by atoms with Crippen LogP contribution in [0.25, 0.3) is 0 Å². The van der Waals surface area contributed by atoms with Gasteiger partial charge in [-0.25, -0.2) is 0 Å². The molecular formula is C10H20N2O. The fourth-order valence-electron chi connectivity index (χ4n) is 2.33. The third-order valence-corrected chi connectivity index (χ3v) is 3.62. The van der Waals surface area contributed by atoms with Crippen molar-refractivity contribution in [3.05, 3.63) is 0 Å². The van der Waals surface area contributed by atoms with Crippen LogP contribution in [0.15, 0.2) is 0 Å². The number of β-amino-alcohol motifs (C(OH)–C–C–N with tert-alkyl or cyclic N) is 1. The fraction of sp³-hybridized carbons (Fsp3) is 1.00. The molecule has 1 aliphatic heterocycles. The van der Waals surface area contributed by atoms with Crippen molar-refractivity contribution in [2.75, 3.05) is 13.1 Å². The molecule has 13 heavy (non-hydrogen) atoms. The van der Waals surface area contributed by atoms with Gasteiger partial charge >= 0.3 is 0 Å². The van der Waals surface area contributed by atoms with Gasteiger partial charge < -0.3 is 10.8 Å². The zero-order valence-corrected chi connectivity index (χ0v) is 8.32. The Hall–Kier alpha value is -0.120.